The van der Waals surface area contributed by atoms with Gasteiger partial charge in [-0.3, -0.25) is 10.1 Å². The van der Waals surface area contributed by atoms with Gasteiger partial charge in [0.2, 0.25) is 4.80 Å². The Morgan fingerprint density at radius 3 is 2.41 bits per heavy atom. The van der Waals surface area contributed by atoms with E-state index in [4.69, 9.17) is 14.5 Å². The van der Waals surface area contributed by atoms with Gasteiger partial charge in [0, 0.05) is 23.1 Å². The van der Waals surface area contributed by atoms with E-state index in [-0.39, 0.29) is 5.69 Å². The van der Waals surface area contributed by atoms with Gasteiger partial charge in [-0.05, 0) is 75.2 Å². The largest absolute Gasteiger partial charge is 0.460 e. The topological polar surface area (TPSA) is 85.9 Å². The van der Waals surface area contributed by atoms with Gasteiger partial charge in [0.1, 0.15) is 17.2 Å². The summed E-state index contributed by atoms with van der Waals surface area (Å²) in [5.74, 6) is 1.48. The quantitative estimate of drug-likeness (QED) is 0.209. The van der Waals surface area contributed by atoms with Crippen LogP contribution in [0.4, 0.5) is 11.4 Å². The average Bonchev–Trinajstić information content (AvgIpc) is 3.37. The number of hydrogen-bond donors (Lipinski definition) is 0. The second kappa shape index (κ2) is 8.76. The Morgan fingerprint density at radius 1 is 1.03 bits per heavy atom. The van der Waals surface area contributed by atoms with Gasteiger partial charge in [-0.25, -0.2) is 9.67 Å². The number of benzene rings is 2. The van der Waals surface area contributed by atoms with Crippen molar-refractivity contribution in [3.8, 4) is 11.3 Å². The van der Waals surface area contributed by atoms with Gasteiger partial charge in [0.05, 0.1) is 16.3 Å². The molecule has 0 aliphatic heterocycles. The molecule has 4 rings (SSSR count). The monoisotopic (exact) mass is 446 g/mol. The van der Waals surface area contributed by atoms with E-state index in [0.29, 0.717) is 16.3 Å². The highest BCUT2D eigenvalue weighted by Gasteiger charge is 2.12. The van der Waals surface area contributed by atoms with Crippen LogP contribution < -0.4 is 4.80 Å². The second-order valence-corrected chi connectivity index (χ2v) is 8.33. The Morgan fingerprint density at radius 2 is 1.78 bits per heavy atom. The van der Waals surface area contributed by atoms with Crippen LogP contribution in [0, 0.1) is 30.9 Å². The highest BCUT2D eigenvalue weighted by Crippen LogP contribution is 2.24. The van der Waals surface area contributed by atoms with Gasteiger partial charge in [0.25, 0.3) is 5.69 Å². The lowest BCUT2D eigenvalue weighted by molar-refractivity contribution is -0.384. The van der Waals surface area contributed by atoms with E-state index < -0.39 is 4.92 Å². The number of furan rings is 1. The fourth-order valence-corrected chi connectivity index (χ4v) is 4.01. The number of nitro groups is 1. The van der Waals surface area contributed by atoms with E-state index in [1.807, 2.05) is 49.6 Å². The smallest absolute Gasteiger partial charge is 0.269 e. The number of thiazole rings is 1. The number of rotatable bonds is 5. The molecule has 0 bridgehead atoms. The minimum atomic E-state index is -0.409. The Hall–Kier alpha value is -3.78. The fourth-order valence-electron chi connectivity index (χ4n) is 3.16. The van der Waals surface area contributed by atoms with Crippen molar-refractivity contribution in [1.29, 1.82) is 0 Å². The lowest BCUT2D eigenvalue weighted by Gasteiger charge is -2.06. The molecule has 0 amide bonds. The lowest BCUT2D eigenvalue weighted by atomic mass is 10.1. The van der Waals surface area contributed by atoms with Crippen LogP contribution >= 0.6 is 11.3 Å². The SMILES string of the molecule is CC(=Nn1c(-c2ccc([N+](=O)[O-])cc2)csc1=Nc1ccc(C)c(C)c1)c1ccc(C)o1. The number of non-ortho nitro benzene ring substituents is 1. The highest BCUT2D eigenvalue weighted by molar-refractivity contribution is 7.07. The number of nitro benzene ring substituents is 1. The summed E-state index contributed by atoms with van der Waals surface area (Å²) in [5.41, 5.74) is 5.53. The van der Waals surface area contributed by atoms with Crippen LogP contribution in [0.15, 0.2) is 74.5 Å². The summed E-state index contributed by atoms with van der Waals surface area (Å²) in [6.45, 7) is 7.89. The van der Waals surface area contributed by atoms with Crippen molar-refractivity contribution in [2.45, 2.75) is 27.7 Å². The summed E-state index contributed by atoms with van der Waals surface area (Å²) in [5, 5.41) is 17.8. The van der Waals surface area contributed by atoms with Crippen molar-refractivity contribution in [3.63, 3.8) is 0 Å². The fraction of sp³-hybridized carbons (Fsp3) is 0.167. The van der Waals surface area contributed by atoms with E-state index in [2.05, 4.69) is 13.8 Å². The summed E-state index contributed by atoms with van der Waals surface area (Å²) in [7, 11) is 0. The van der Waals surface area contributed by atoms with Crippen LogP contribution in [0.5, 0.6) is 0 Å². The number of aromatic nitrogens is 1. The van der Waals surface area contributed by atoms with E-state index >= 15 is 0 Å². The Bertz CT molecular complexity index is 1390. The molecule has 2 aromatic carbocycles. The number of hydrogen-bond acceptors (Lipinski definition) is 6. The first-order valence-electron chi connectivity index (χ1n) is 10.0. The molecule has 0 saturated carbocycles. The van der Waals surface area contributed by atoms with Crippen LogP contribution in [0.25, 0.3) is 11.3 Å². The average molecular weight is 447 g/mol. The first-order valence-corrected chi connectivity index (χ1v) is 10.9. The molecule has 0 aliphatic carbocycles. The Labute approximate surface area is 189 Å². The molecule has 7 nitrogen and oxygen atoms in total. The maximum Gasteiger partial charge on any atom is 0.269 e. The molecule has 2 aromatic heterocycles. The van der Waals surface area contributed by atoms with E-state index in [9.17, 15) is 10.1 Å². The zero-order chi connectivity index (χ0) is 22.8. The molecule has 0 spiro atoms. The Kier molecular flexibility index (Phi) is 5.87. The molecular weight excluding hydrogens is 424 g/mol. The van der Waals surface area contributed by atoms with E-state index in [0.717, 1.165) is 28.3 Å². The summed E-state index contributed by atoms with van der Waals surface area (Å²) in [6, 6.07) is 16.3. The minimum absolute atomic E-state index is 0.0429. The zero-order valence-electron chi connectivity index (χ0n) is 18.2. The molecule has 0 atom stereocenters. The molecule has 0 unspecified atom stereocenters. The maximum atomic E-state index is 11.0. The predicted octanol–water partition coefficient (Wildman–Crippen LogP) is 6.15. The molecule has 0 aliphatic rings. The molecular formula is C24H22N4O3S. The van der Waals surface area contributed by atoms with Crippen LogP contribution in [0.1, 0.15) is 29.6 Å². The van der Waals surface area contributed by atoms with E-state index in [1.54, 1.807) is 16.8 Å². The lowest BCUT2D eigenvalue weighted by Crippen LogP contribution is -2.13. The van der Waals surface area contributed by atoms with Crippen molar-refractivity contribution in [1.82, 2.24) is 4.68 Å². The molecule has 162 valence electrons. The summed E-state index contributed by atoms with van der Waals surface area (Å²) in [6.07, 6.45) is 0. The molecule has 4 aromatic rings. The highest BCUT2D eigenvalue weighted by atomic mass is 32.1. The maximum absolute atomic E-state index is 11.0. The van der Waals surface area contributed by atoms with Crippen molar-refractivity contribution in [2.24, 2.45) is 10.1 Å². The molecule has 2 heterocycles. The van der Waals surface area contributed by atoms with Crippen molar-refractivity contribution < 1.29 is 9.34 Å². The second-order valence-electron chi connectivity index (χ2n) is 7.50. The predicted molar refractivity (Wildman–Crippen MR) is 127 cm³/mol. The number of aryl methyl sites for hydroxylation is 3. The first-order chi connectivity index (χ1) is 15.3. The molecule has 0 N–H and O–H groups in total. The molecule has 32 heavy (non-hydrogen) atoms. The van der Waals surface area contributed by atoms with Crippen LogP contribution in [0.3, 0.4) is 0 Å². The summed E-state index contributed by atoms with van der Waals surface area (Å²) in [4.78, 5) is 16.1. The molecule has 8 heteroatoms. The summed E-state index contributed by atoms with van der Waals surface area (Å²) < 4.78 is 7.48. The van der Waals surface area contributed by atoms with Crippen molar-refractivity contribution >= 4 is 28.4 Å². The van der Waals surface area contributed by atoms with Gasteiger partial charge < -0.3 is 4.42 Å². The Balaban J connectivity index is 1.87. The van der Waals surface area contributed by atoms with Crippen molar-refractivity contribution in [3.05, 3.63) is 97.5 Å². The molecule has 0 saturated heterocycles. The van der Waals surface area contributed by atoms with Crippen molar-refractivity contribution in [2.75, 3.05) is 0 Å². The zero-order valence-corrected chi connectivity index (χ0v) is 19.0. The normalized spacial score (nSPS) is 12.4. The minimum Gasteiger partial charge on any atom is -0.460 e. The van der Waals surface area contributed by atoms with Crippen LogP contribution in [0.2, 0.25) is 0 Å². The summed E-state index contributed by atoms with van der Waals surface area (Å²) >= 11 is 1.45. The van der Waals surface area contributed by atoms with Gasteiger partial charge >= 0.3 is 0 Å². The van der Waals surface area contributed by atoms with Gasteiger partial charge in [-0.15, -0.1) is 11.3 Å². The van der Waals surface area contributed by atoms with Gasteiger partial charge in [-0.1, -0.05) is 6.07 Å². The van der Waals surface area contributed by atoms with Crippen LogP contribution in [-0.4, -0.2) is 15.3 Å². The standard InChI is InChI=1S/C24H22N4O3S/c1-15-5-9-20(13-16(15)2)25-24-27(26-18(4)23-12-6-17(3)31-23)22(14-32-24)19-7-10-21(11-8-19)28(29)30/h5-14H,1-4H3. The van der Waals surface area contributed by atoms with Crippen LogP contribution in [-0.2, 0) is 0 Å². The third-order valence-corrected chi connectivity index (χ3v) is 5.94. The molecule has 0 radical (unpaired) electrons. The third-order valence-electron chi connectivity index (χ3n) is 5.12. The number of nitrogens with zero attached hydrogens (tertiary/aromatic N) is 4. The third kappa shape index (κ3) is 4.45. The van der Waals surface area contributed by atoms with Gasteiger partial charge in [-0.2, -0.15) is 5.10 Å². The first kappa shape index (κ1) is 21.5. The molecule has 0 fully saturated rings. The van der Waals surface area contributed by atoms with Gasteiger partial charge in [0.15, 0.2) is 0 Å². The van der Waals surface area contributed by atoms with E-state index in [1.165, 1.54) is 29.0 Å².